The van der Waals surface area contributed by atoms with Crippen molar-refractivity contribution in [1.29, 1.82) is 0 Å². The molecule has 0 unspecified atom stereocenters. The van der Waals surface area contributed by atoms with E-state index in [1.807, 2.05) is 31.2 Å². The van der Waals surface area contributed by atoms with Gasteiger partial charge in [0.1, 0.15) is 0 Å². The molecule has 0 radical (unpaired) electrons. The summed E-state index contributed by atoms with van der Waals surface area (Å²) in [5, 5.41) is 12.3. The summed E-state index contributed by atoms with van der Waals surface area (Å²) >= 11 is 0. The molecule has 0 fully saturated rings. The summed E-state index contributed by atoms with van der Waals surface area (Å²) in [6, 6.07) is 17.3. The van der Waals surface area contributed by atoms with E-state index in [4.69, 9.17) is 5.14 Å². The monoisotopic (exact) mass is 454 g/mol. The molecule has 0 bridgehead atoms. The van der Waals surface area contributed by atoms with Crippen molar-refractivity contribution in [2.75, 3.05) is 6.54 Å². The summed E-state index contributed by atoms with van der Waals surface area (Å²) in [4.78, 5) is 24.3. The number of carbonyl (C=O) groups is 1. The molecule has 1 aromatic heterocycles. The Morgan fingerprint density at radius 1 is 1.03 bits per heavy atom. The summed E-state index contributed by atoms with van der Waals surface area (Å²) in [6.07, 6.45) is 1.32. The number of rotatable bonds is 9. The van der Waals surface area contributed by atoms with Gasteiger partial charge in [-0.2, -0.15) is 5.10 Å². The maximum atomic E-state index is 12.1. The van der Waals surface area contributed by atoms with Crippen LogP contribution in [0.2, 0.25) is 0 Å². The van der Waals surface area contributed by atoms with Crippen LogP contribution in [-0.4, -0.2) is 30.7 Å². The largest absolute Gasteiger partial charge is 0.356 e. The third-order valence-corrected chi connectivity index (χ3v) is 5.90. The van der Waals surface area contributed by atoms with Crippen LogP contribution in [0.15, 0.2) is 70.4 Å². The van der Waals surface area contributed by atoms with E-state index in [9.17, 15) is 18.0 Å². The maximum absolute atomic E-state index is 12.1. The molecule has 1 heterocycles. The van der Waals surface area contributed by atoms with Crippen molar-refractivity contribution in [2.45, 2.75) is 37.6 Å². The molecule has 32 heavy (non-hydrogen) atoms. The van der Waals surface area contributed by atoms with Crippen LogP contribution in [0.5, 0.6) is 0 Å². The normalized spacial score (nSPS) is 11.3. The molecule has 0 spiro atoms. The highest BCUT2D eigenvalue weighted by atomic mass is 32.2. The van der Waals surface area contributed by atoms with Gasteiger partial charge in [0.2, 0.25) is 15.9 Å². The van der Waals surface area contributed by atoms with Crippen LogP contribution >= 0.6 is 0 Å². The van der Waals surface area contributed by atoms with E-state index in [2.05, 4.69) is 10.4 Å². The van der Waals surface area contributed by atoms with Gasteiger partial charge in [0.05, 0.1) is 10.6 Å². The summed E-state index contributed by atoms with van der Waals surface area (Å²) in [5.41, 5.74) is 3.47. The molecular formula is C23H26N4O4S. The predicted octanol–water partition coefficient (Wildman–Crippen LogP) is 2.01. The molecule has 8 nitrogen and oxygen atoms in total. The highest BCUT2D eigenvalue weighted by molar-refractivity contribution is 7.89. The quantitative estimate of drug-likeness (QED) is 0.512. The first-order chi connectivity index (χ1) is 15.2. The van der Waals surface area contributed by atoms with Crippen LogP contribution in [0.1, 0.15) is 24.0 Å². The molecule has 0 aliphatic carbocycles. The summed E-state index contributed by atoms with van der Waals surface area (Å²) in [6.45, 7) is 2.78. The molecule has 0 atom stereocenters. The molecule has 1 amide bonds. The number of aryl methyl sites for hydroxylation is 2. The van der Waals surface area contributed by atoms with E-state index in [1.54, 1.807) is 18.2 Å². The topological polar surface area (TPSA) is 124 Å². The van der Waals surface area contributed by atoms with Gasteiger partial charge in [-0.05, 0) is 43.5 Å². The number of primary sulfonamides is 1. The second kappa shape index (κ2) is 10.3. The fourth-order valence-corrected chi connectivity index (χ4v) is 3.67. The zero-order valence-electron chi connectivity index (χ0n) is 17.8. The Balaban J connectivity index is 1.46. The highest BCUT2D eigenvalue weighted by Gasteiger charge is 2.08. The van der Waals surface area contributed by atoms with Crippen LogP contribution in [0.25, 0.3) is 11.3 Å². The van der Waals surface area contributed by atoms with E-state index in [-0.39, 0.29) is 22.8 Å². The molecular weight excluding hydrogens is 428 g/mol. The van der Waals surface area contributed by atoms with Crippen molar-refractivity contribution in [3.05, 3.63) is 82.1 Å². The number of hydrogen-bond donors (Lipinski definition) is 2. The molecule has 3 rings (SSSR count). The van der Waals surface area contributed by atoms with E-state index in [0.717, 1.165) is 16.7 Å². The molecule has 0 saturated carbocycles. The average molecular weight is 455 g/mol. The molecule has 3 aromatic rings. The number of nitrogens with two attached hydrogens (primary N) is 1. The number of benzene rings is 2. The van der Waals surface area contributed by atoms with Gasteiger partial charge in [-0.1, -0.05) is 42.0 Å². The van der Waals surface area contributed by atoms with Crippen molar-refractivity contribution in [3.8, 4) is 11.3 Å². The Morgan fingerprint density at radius 3 is 2.38 bits per heavy atom. The third-order valence-electron chi connectivity index (χ3n) is 4.98. The van der Waals surface area contributed by atoms with Crippen molar-refractivity contribution in [3.63, 3.8) is 0 Å². The highest BCUT2D eigenvalue weighted by Crippen LogP contribution is 2.16. The minimum Gasteiger partial charge on any atom is -0.356 e. The van der Waals surface area contributed by atoms with Crippen molar-refractivity contribution in [2.24, 2.45) is 5.14 Å². The van der Waals surface area contributed by atoms with E-state index in [1.165, 1.54) is 22.9 Å². The van der Waals surface area contributed by atoms with E-state index < -0.39 is 10.0 Å². The second-order valence-electron chi connectivity index (χ2n) is 7.54. The smallest absolute Gasteiger partial charge is 0.266 e. The molecule has 2 aromatic carbocycles. The van der Waals surface area contributed by atoms with Gasteiger partial charge in [0.25, 0.3) is 5.56 Å². The number of nitrogens with zero attached hydrogens (tertiary/aromatic N) is 2. The number of aromatic nitrogens is 2. The lowest BCUT2D eigenvalue weighted by atomic mass is 10.1. The summed E-state index contributed by atoms with van der Waals surface area (Å²) < 4.78 is 23.9. The Morgan fingerprint density at radius 2 is 1.72 bits per heavy atom. The summed E-state index contributed by atoms with van der Waals surface area (Å²) in [7, 11) is -3.71. The zero-order chi connectivity index (χ0) is 23.1. The molecule has 3 N–H and O–H groups in total. The van der Waals surface area contributed by atoms with E-state index >= 15 is 0 Å². The van der Waals surface area contributed by atoms with Crippen LogP contribution in [0, 0.1) is 6.92 Å². The minimum atomic E-state index is -3.71. The lowest BCUT2D eigenvalue weighted by Crippen LogP contribution is -2.27. The van der Waals surface area contributed by atoms with Gasteiger partial charge < -0.3 is 5.32 Å². The Hall–Kier alpha value is -3.30. The predicted molar refractivity (Wildman–Crippen MR) is 122 cm³/mol. The Bertz CT molecular complexity index is 1230. The minimum absolute atomic E-state index is 0.0561. The average Bonchev–Trinajstić information content (AvgIpc) is 2.75. The first-order valence-electron chi connectivity index (χ1n) is 10.3. The Kier molecular flexibility index (Phi) is 7.55. The lowest BCUT2D eigenvalue weighted by Gasteiger charge is -2.08. The number of amides is 1. The number of hydrogen-bond acceptors (Lipinski definition) is 5. The Labute approximate surface area is 187 Å². The summed E-state index contributed by atoms with van der Waals surface area (Å²) in [5.74, 6) is -0.117. The fourth-order valence-electron chi connectivity index (χ4n) is 3.16. The third kappa shape index (κ3) is 6.60. The van der Waals surface area contributed by atoms with Crippen molar-refractivity contribution in [1.82, 2.24) is 15.1 Å². The van der Waals surface area contributed by atoms with Gasteiger partial charge in [-0.25, -0.2) is 18.2 Å². The SMILES string of the molecule is Cc1ccc(-c2ccc(=O)n(CCCC(=O)NCCc3ccc(S(N)(=O)=O)cc3)n2)cc1. The van der Waals surface area contributed by atoms with Gasteiger partial charge >= 0.3 is 0 Å². The zero-order valence-corrected chi connectivity index (χ0v) is 18.6. The second-order valence-corrected chi connectivity index (χ2v) is 9.10. The van der Waals surface area contributed by atoms with E-state index in [0.29, 0.717) is 31.6 Å². The molecule has 9 heteroatoms. The fraction of sp³-hybridized carbons (Fsp3) is 0.261. The number of sulfonamides is 1. The van der Waals surface area contributed by atoms with Gasteiger partial charge in [0.15, 0.2) is 0 Å². The van der Waals surface area contributed by atoms with Crippen LogP contribution < -0.4 is 16.0 Å². The van der Waals surface area contributed by atoms with Crippen molar-refractivity contribution >= 4 is 15.9 Å². The number of nitrogens with one attached hydrogen (secondary N) is 1. The molecule has 0 saturated heterocycles. The molecule has 0 aliphatic heterocycles. The maximum Gasteiger partial charge on any atom is 0.266 e. The lowest BCUT2D eigenvalue weighted by molar-refractivity contribution is -0.121. The van der Waals surface area contributed by atoms with Crippen LogP contribution in [0.4, 0.5) is 0 Å². The first-order valence-corrected chi connectivity index (χ1v) is 11.8. The van der Waals surface area contributed by atoms with Gasteiger partial charge in [0, 0.05) is 31.1 Å². The standard InChI is InChI=1S/C23H26N4O4S/c1-17-4-8-19(9-5-17)21-12-13-23(29)27(26-21)16-2-3-22(28)25-15-14-18-6-10-20(11-7-18)32(24,30)31/h4-13H,2-3,14-16H2,1H3,(H,25,28)(H2,24,30,31). The molecule has 168 valence electrons. The first kappa shape index (κ1) is 23.4. The molecule has 0 aliphatic rings. The number of carbonyl (C=O) groups excluding carboxylic acids is 1. The van der Waals surface area contributed by atoms with Gasteiger partial charge in [-0.15, -0.1) is 0 Å². The van der Waals surface area contributed by atoms with Crippen molar-refractivity contribution < 1.29 is 13.2 Å². The van der Waals surface area contributed by atoms with Gasteiger partial charge in [-0.3, -0.25) is 9.59 Å². The van der Waals surface area contributed by atoms with Crippen LogP contribution in [0.3, 0.4) is 0 Å². The van der Waals surface area contributed by atoms with Crippen LogP contribution in [-0.2, 0) is 27.8 Å².